The molecule has 0 spiro atoms. The predicted octanol–water partition coefficient (Wildman–Crippen LogP) is 1.30. The minimum Gasteiger partial charge on any atom is -0.443 e. The van der Waals surface area contributed by atoms with Gasteiger partial charge in [-0.3, -0.25) is 5.43 Å². The Morgan fingerprint density at radius 1 is 1.24 bits per heavy atom. The molecule has 2 saturated heterocycles. The lowest BCUT2D eigenvalue weighted by Crippen LogP contribution is -2.52. The third-order valence-corrected chi connectivity index (χ3v) is 3.25. The zero-order valence-corrected chi connectivity index (χ0v) is 10.9. The van der Waals surface area contributed by atoms with Gasteiger partial charge in [-0.05, 0) is 46.5 Å². The number of hydrazine groups is 1. The second-order valence-corrected chi connectivity index (χ2v) is 6.08. The van der Waals surface area contributed by atoms with Crippen molar-refractivity contribution < 1.29 is 9.53 Å². The summed E-state index contributed by atoms with van der Waals surface area (Å²) in [6.07, 6.45) is 4.27. The number of hydrogen-bond donors (Lipinski definition) is 3. The van der Waals surface area contributed by atoms with Gasteiger partial charge in [-0.15, -0.1) is 0 Å². The molecule has 3 atom stereocenters. The lowest BCUT2D eigenvalue weighted by Gasteiger charge is -2.30. The molecule has 2 fully saturated rings. The maximum atomic E-state index is 11.5. The molecule has 1 amide bonds. The number of rotatable bonds is 2. The second-order valence-electron chi connectivity index (χ2n) is 6.08. The number of hydrogen-bond acceptors (Lipinski definition) is 4. The van der Waals surface area contributed by atoms with E-state index >= 15 is 0 Å². The molecule has 2 heterocycles. The van der Waals surface area contributed by atoms with E-state index in [9.17, 15) is 4.79 Å². The van der Waals surface area contributed by atoms with E-state index in [-0.39, 0.29) is 0 Å². The molecule has 2 bridgehead atoms. The summed E-state index contributed by atoms with van der Waals surface area (Å²) < 4.78 is 5.17. The van der Waals surface area contributed by atoms with Gasteiger partial charge in [-0.25, -0.2) is 10.2 Å². The summed E-state index contributed by atoms with van der Waals surface area (Å²) in [7, 11) is 0. The first-order valence-electron chi connectivity index (χ1n) is 6.43. The largest absolute Gasteiger partial charge is 0.443 e. The minimum atomic E-state index is -0.446. The van der Waals surface area contributed by atoms with E-state index in [1.165, 1.54) is 12.8 Å². The summed E-state index contributed by atoms with van der Waals surface area (Å²) in [4.78, 5) is 11.5. The van der Waals surface area contributed by atoms with Gasteiger partial charge in [-0.1, -0.05) is 0 Å². The summed E-state index contributed by atoms with van der Waals surface area (Å²) in [6, 6.07) is 1.60. The van der Waals surface area contributed by atoms with E-state index in [1.807, 2.05) is 20.8 Å². The average molecular weight is 241 g/mol. The molecule has 0 radical (unpaired) electrons. The molecule has 2 rings (SSSR count). The third-order valence-electron chi connectivity index (χ3n) is 3.25. The predicted molar refractivity (Wildman–Crippen MR) is 65.5 cm³/mol. The summed E-state index contributed by atoms with van der Waals surface area (Å²) in [6.45, 7) is 5.58. The summed E-state index contributed by atoms with van der Waals surface area (Å²) in [5.74, 6) is 0. The lowest BCUT2D eigenvalue weighted by atomic mass is 10.0. The molecular formula is C12H23N3O2. The van der Waals surface area contributed by atoms with Crippen molar-refractivity contribution in [1.29, 1.82) is 0 Å². The SMILES string of the molecule is CC(C)(C)OC(=O)NNC1C[C@H]2CC[C@@H](C1)N2. The highest BCUT2D eigenvalue weighted by Gasteiger charge is 2.33. The van der Waals surface area contributed by atoms with Crippen molar-refractivity contribution >= 4 is 6.09 Å². The zero-order valence-electron chi connectivity index (χ0n) is 10.9. The Kier molecular flexibility index (Phi) is 3.58. The van der Waals surface area contributed by atoms with Crippen LogP contribution in [-0.4, -0.2) is 29.8 Å². The van der Waals surface area contributed by atoms with Crippen LogP contribution >= 0.6 is 0 Å². The van der Waals surface area contributed by atoms with E-state index in [4.69, 9.17) is 4.74 Å². The molecule has 0 aromatic rings. The Labute approximate surface area is 103 Å². The van der Waals surface area contributed by atoms with Crippen molar-refractivity contribution in [3.8, 4) is 0 Å². The quantitative estimate of drug-likeness (QED) is 0.638. The lowest BCUT2D eigenvalue weighted by molar-refractivity contribution is 0.0480. The molecule has 0 aromatic carbocycles. The van der Waals surface area contributed by atoms with Gasteiger partial charge in [0.25, 0.3) is 0 Å². The Balaban J connectivity index is 1.70. The van der Waals surface area contributed by atoms with Gasteiger partial charge < -0.3 is 10.1 Å². The van der Waals surface area contributed by atoms with E-state index < -0.39 is 11.7 Å². The fourth-order valence-corrected chi connectivity index (χ4v) is 2.64. The average Bonchev–Trinajstić information content (AvgIpc) is 2.53. The fourth-order valence-electron chi connectivity index (χ4n) is 2.64. The molecule has 2 aliphatic rings. The van der Waals surface area contributed by atoms with E-state index in [1.54, 1.807) is 0 Å². The highest BCUT2D eigenvalue weighted by atomic mass is 16.6. The number of carbonyl (C=O) groups excluding carboxylic acids is 1. The number of nitrogens with one attached hydrogen (secondary N) is 3. The van der Waals surface area contributed by atoms with Crippen molar-refractivity contribution in [1.82, 2.24) is 16.2 Å². The molecule has 98 valence electrons. The molecule has 17 heavy (non-hydrogen) atoms. The monoisotopic (exact) mass is 241 g/mol. The normalized spacial score (nSPS) is 32.3. The first-order chi connectivity index (χ1) is 7.92. The maximum Gasteiger partial charge on any atom is 0.422 e. The number of amides is 1. The van der Waals surface area contributed by atoms with E-state index in [0.717, 1.165) is 12.8 Å². The molecule has 5 nitrogen and oxygen atoms in total. The summed E-state index contributed by atoms with van der Waals surface area (Å²) in [5, 5.41) is 3.56. The molecule has 2 aliphatic heterocycles. The Hall–Kier alpha value is -0.810. The van der Waals surface area contributed by atoms with Crippen LogP contribution in [0.25, 0.3) is 0 Å². The molecule has 3 N–H and O–H groups in total. The number of ether oxygens (including phenoxy) is 1. The van der Waals surface area contributed by atoms with E-state index in [0.29, 0.717) is 18.1 Å². The van der Waals surface area contributed by atoms with Gasteiger partial charge in [-0.2, -0.15) is 0 Å². The molecule has 0 aliphatic carbocycles. The highest BCUT2D eigenvalue weighted by molar-refractivity contribution is 5.67. The first kappa shape index (κ1) is 12.6. The smallest absolute Gasteiger partial charge is 0.422 e. The van der Waals surface area contributed by atoms with Crippen LogP contribution in [0.15, 0.2) is 0 Å². The number of fused-ring (bicyclic) bond motifs is 2. The zero-order chi connectivity index (χ0) is 12.5. The molecule has 0 aromatic heterocycles. The van der Waals surface area contributed by atoms with Crippen molar-refractivity contribution in [2.75, 3.05) is 0 Å². The van der Waals surface area contributed by atoms with Gasteiger partial charge in [0.1, 0.15) is 5.60 Å². The molecular weight excluding hydrogens is 218 g/mol. The van der Waals surface area contributed by atoms with Crippen molar-refractivity contribution in [3.05, 3.63) is 0 Å². The van der Waals surface area contributed by atoms with Crippen molar-refractivity contribution in [3.63, 3.8) is 0 Å². The Morgan fingerprint density at radius 3 is 2.35 bits per heavy atom. The van der Waals surface area contributed by atoms with Gasteiger partial charge >= 0.3 is 6.09 Å². The van der Waals surface area contributed by atoms with Gasteiger partial charge in [0.05, 0.1) is 0 Å². The van der Waals surface area contributed by atoms with Crippen LogP contribution in [0, 0.1) is 0 Å². The summed E-state index contributed by atoms with van der Waals surface area (Å²) >= 11 is 0. The van der Waals surface area contributed by atoms with Crippen LogP contribution in [0.3, 0.4) is 0 Å². The van der Waals surface area contributed by atoms with Gasteiger partial charge in [0, 0.05) is 18.1 Å². The van der Waals surface area contributed by atoms with Gasteiger partial charge in [0.2, 0.25) is 0 Å². The van der Waals surface area contributed by atoms with Crippen molar-refractivity contribution in [2.24, 2.45) is 0 Å². The second kappa shape index (κ2) is 4.82. The van der Waals surface area contributed by atoms with Crippen LogP contribution in [0.2, 0.25) is 0 Å². The topological polar surface area (TPSA) is 62.4 Å². The third kappa shape index (κ3) is 3.85. The first-order valence-corrected chi connectivity index (χ1v) is 6.43. The molecule has 0 saturated carbocycles. The van der Waals surface area contributed by atoms with Crippen LogP contribution in [0.4, 0.5) is 4.79 Å². The standard InChI is InChI=1S/C12H23N3O2/c1-12(2,3)17-11(16)15-14-10-6-8-4-5-9(7-10)13-8/h8-10,13-14H,4-7H2,1-3H3,(H,15,16)/t8-,9+,10?. The number of piperidine rings is 1. The maximum absolute atomic E-state index is 11.5. The van der Waals surface area contributed by atoms with Crippen LogP contribution in [0.5, 0.6) is 0 Å². The van der Waals surface area contributed by atoms with Gasteiger partial charge in [0.15, 0.2) is 0 Å². The molecule has 5 heteroatoms. The van der Waals surface area contributed by atoms with E-state index in [2.05, 4.69) is 16.2 Å². The van der Waals surface area contributed by atoms with Crippen molar-refractivity contribution in [2.45, 2.75) is 70.2 Å². The fraction of sp³-hybridized carbons (Fsp3) is 0.917. The Morgan fingerprint density at radius 2 is 1.82 bits per heavy atom. The van der Waals surface area contributed by atoms with Crippen LogP contribution in [-0.2, 0) is 4.74 Å². The minimum absolute atomic E-state index is 0.362. The van der Waals surface area contributed by atoms with Crippen LogP contribution < -0.4 is 16.2 Å². The highest BCUT2D eigenvalue weighted by Crippen LogP contribution is 2.26. The Bertz CT molecular complexity index is 276. The molecule has 1 unspecified atom stereocenters. The van der Waals surface area contributed by atoms with Crippen LogP contribution in [0.1, 0.15) is 46.5 Å². The number of carbonyl (C=O) groups is 1. The summed E-state index contributed by atoms with van der Waals surface area (Å²) in [5.41, 5.74) is 5.27.